The molecule has 3 rings (SSSR count). The summed E-state index contributed by atoms with van der Waals surface area (Å²) in [5.41, 5.74) is 2.04. The summed E-state index contributed by atoms with van der Waals surface area (Å²) in [7, 11) is 1.76. The first-order valence-electron chi connectivity index (χ1n) is 7.98. The van der Waals surface area contributed by atoms with Gasteiger partial charge in [0, 0.05) is 12.6 Å². The largest absolute Gasteiger partial charge is 0.467 e. The maximum atomic E-state index is 12.7. The van der Waals surface area contributed by atoms with Crippen molar-refractivity contribution in [3.8, 4) is 11.4 Å². The summed E-state index contributed by atoms with van der Waals surface area (Å²) in [4.78, 5) is 14.4. The monoisotopic (exact) mass is 356 g/mol. The van der Waals surface area contributed by atoms with E-state index in [0.29, 0.717) is 10.6 Å². The van der Waals surface area contributed by atoms with Crippen LogP contribution < -0.4 is 0 Å². The third-order valence-corrected chi connectivity index (χ3v) is 4.57. The zero-order valence-electron chi connectivity index (χ0n) is 14.4. The van der Waals surface area contributed by atoms with Crippen molar-refractivity contribution in [2.24, 2.45) is 0 Å². The summed E-state index contributed by atoms with van der Waals surface area (Å²) in [6.45, 7) is 4.05. The second-order valence-electron chi connectivity index (χ2n) is 6.00. The van der Waals surface area contributed by atoms with E-state index in [1.165, 1.54) is 0 Å². The van der Waals surface area contributed by atoms with Crippen LogP contribution in [0.15, 0.2) is 47.1 Å². The number of carbonyl (C=O) groups is 1. The van der Waals surface area contributed by atoms with Crippen molar-refractivity contribution in [3.63, 3.8) is 0 Å². The van der Waals surface area contributed by atoms with Gasteiger partial charge in [0.15, 0.2) is 10.6 Å². The van der Waals surface area contributed by atoms with Gasteiger partial charge >= 0.3 is 0 Å². The molecule has 2 heterocycles. The summed E-state index contributed by atoms with van der Waals surface area (Å²) >= 11 is 5.31. The molecule has 0 aliphatic heterocycles. The van der Waals surface area contributed by atoms with E-state index >= 15 is 0 Å². The van der Waals surface area contributed by atoms with E-state index in [9.17, 15) is 4.79 Å². The summed E-state index contributed by atoms with van der Waals surface area (Å²) in [5, 5.41) is 7.07. The Morgan fingerprint density at radius 3 is 2.88 bits per heavy atom. The number of nitrogens with one attached hydrogen (secondary N) is 1. The number of hydrogen-bond acceptors (Lipinski definition) is 4. The zero-order chi connectivity index (χ0) is 18.0. The molecular formula is C18H20N4O2S. The molecule has 0 spiro atoms. The van der Waals surface area contributed by atoms with Crippen LogP contribution in [0.25, 0.3) is 11.4 Å². The molecule has 1 atom stereocenters. The molecule has 25 heavy (non-hydrogen) atoms. The SMILES string of the molecule is Cc1cccc(-c2n[nH]c(=S)n2CC(=O)N(C)C(C)c2ccco2)c1. The first-order chi connectivity index (χ1) is 12.0. The number of furan rings is 1. The number of H-pyrrole nitrogens is 1. The second kappa shape index (κ2) is 7.06. The summed E-state index contributed by atoms with van der Waals surface area (Å²) in [6.07, 6.45) is 1.60. The van der Waals surface area contributed by atoms with E-state index < -0.39 is 0 Å². The van der Waals surface area contributed by atoms with Crippen LogP contribution >= 0.6 is 12.2 Å². The molecule has 1 aromatic carbocycles. The number of benzene rings is 1. The van der Waals surface area contributed by atoms with Gasteiger partial charge in [0.1, 0.15) is 12.3 Å². The predicted molar refractivity (Wildman–Crippen MR) is 97.5 cm³/mol. The predicted octanol–water partition coefficient (Wildman–Crippen LogP) is 3.73. The van der Waals surface area contributed by atoms with Crippen molar-refractivity contribution >= 4 is 18.1 Å². The minimum Gasteiger partial charge on any atom is -0.467 e. The highest BCUT2D eigenvalue weighted by Gasteiger charge is 2.21. The molecule has 1 unspecified atom stereocenters. The van der Waals surface area contributed by atoms with E-state index in [1.54, 1.807) is 22.8 Å². The second-order valence-corrected chi connectivity index (χ2v) is 6.39. The summed E-state index contributed by atoms with van der Waals surface area (Å²) in [6, 6.07) is 11.4. The number of rotatable bonds is 5. The fourth-order valence-corrected chi connectivity index (χ4v) is 2.85. The van der Waals surface area contributed by atoms with Gasteiger partial charge in [-0.25, -0.2) is 0 Å². The third-order valence-electron chi connectivity index (χ3n) is 4.26. The van der Waals surface area contributed by atoms with E-state index in [-0.39, 0.29) is 18.5 Å². The lowest BCUT2D eigenvalue weighted by Gasteiger charge is -2.23. The minimum absolute atomic E-state index is 0.0738. The standard InChI is InChI=1S/C18H20N4O2S/c1-12-6-4-7-14(10-12)17-19-20-18(25)22(17)11-16(23)21(3)13(2)15-8-5-9-24-15/h4-10,13H,11H2,1-3H3,(H,20,25). The van der Waals surface area contributed by atoms with Crippen LogP contribution in [0.4, 0.5) is 0 Å². The van der Waals surface area contributed by atoms with Crippen molar-refractivity contribution in [1.29, 1.82) is 0 Å². The highest BCUT2D eigenvalue weighted by atomic mass is 32.1. The number of likely N-dealkylation sites (N-methyl/N-ethyl adjacent to an activating group) is 1. The van der Waals surface area contributed by atoms with Crippen LogP contribution in [0.1, 0.15) is 24.3 Å². The molecule has 0 saturated heterocycles. The number of amides is 1. The molecule has 0 fully saturated rings. The number of carbonyl (C=O) groups excluding carboxylic acids is 1. The number of aromatic nitrogens is 3. The van der Waals surface area contributed by atoms with Gasteiger partial charge in [0.2, 0.25) is 5.91 Å². The third kappa shape index (κ3) is 3.56. The Morgan fingerprint density at radius 2 is 2.20 bits per heavy atom. The fraction of sp³-hybridized carbons (Fsp3) is 0.278. The Hall–Kier alpha value is -2.67. The van der Waals surface area contributed by atoms with Crippen LogP contribution in [-0.4, -0.2) is 32.6 Å². The van der Waals surface area contributed by atoms with Gasteiger partial charge in [-0.05, 0) is 44.3 Å². The molecule has 0 radical (unpaired) electrons. The first kappa shape index (κ1) is 17.2. The number of aryl methyl sites for hydroxylation is 1. The Bertz CT molecular complexity index is 927. The minimum atomic E-state index is -0.161. The van der Waals surface area contributed by atoms with Crippen LogP contribution in [0.3, 0.4) is 0 Å². The van der Waals surface area contributed by atoms with Crippen molar-refractivity contribution in [1.82, 2.24) is 19.7 Å². The maximum absolute atomic E-state index is 12.7. The van der Waals surface area contributed by atoms with Gasteiger partial charge in [0.25, 0.3) is 0 Å². The molecule has 3 aromatic rings. The highest BCUT2D eigenvalue weighted by molar-refractivity contribution is 7.71. The summed E-state index contributed by atoms with van der Waals surface area (Å²) < 4.78 is 7.53. The van der Waals surface area contributed by atoms with Crippen LogP contribution in [0.5, 0.6) is 0 Å². The smallest absolute Gasteiger partial charge is 0.243 e. The van der Waals surface area contributed by atoms with Crippen molar-refractivity contribution in [2.45, 2.75) is 26.4 Å². The van der Waals surface area contributed by atoms with Crippen LogP contribution in [0, 0.1) is 11.7 Å². The molecule has 1 N–H and O–H groups in total. The average molecular weight is 356 g/mol. The van der Waals surface area contributed by atoms with Gasteiger partial charge in [-0.2, -0.15) is 5.10 Å². The van der Waals surface area contributed by atoms with Crippen LogP contribution in [-0.2, 0) is 11.3 Å². The molecule has 0 aliphatic rings. The van der Waals surface area contributed by atoms with Crippen LogP contribution in [0.2, 0.25) is 0 Å². The molecule has 0 aliphatic carbocycles. The van der Waals surface area contributed by atoms with E-state index in [0.717, 1.165) is 16.9 Å². The lowest BCUT2D eigenvalue weighted by molar-refractivity contribution is -0.132. The molecule has 1 amide bonds. The number of aromatic amines is 1. The zero-order valence-corrected chi connectivity index (χ0v) is 15.2. The molecular weight excluding hydrogens is 336 g/mol. The quantitative estimate of drug-likeness (QED) is 0.708. The molecule has 7 heteroatoms. The Kier molecular flexibility index (Phi) is 4.85. The highest BCUT2D eigenvalue weighted by Crippen LogP contribution is 2.21. The lowest BCUT2D eigenvalue weighted by Crippen LogP contribution is -2.32. The average Bonchev–Trinajstić information content (AvgIpc) is 3.24. The van der Waals surface area contributed by atoms with Gasteiger partial charge in [0.05, 0.1) is 12.3 Å². The van der Waals surface area contributed by atoms with Gasteiger partial charge in [-0.3, -0.25) is 14.5 Å². The van der Waals surface area contributed by atoms with Crippen molar-refractivity contribution in [3.05, 3.63) is 58.8 Å². The van der Waals surface area contributed by atoms with Gasteiger partial charge in [-0.1, -0.05) is 23.8 Å². The molecule has 130 valence electrons. The number of nitrogens with zero attached hydrogens (tertiary/aromatic N) is 3. The molecule has 2 aromatic heterocycles. The summed E-state index contributed by atoms with van der Waals surface area (Å²) in [5.74, 6) is 1.32. The maximum Gasteiger partial charge on any atom is 0.243 e. The van der Waals surface area contributed by atoms with E-state index in [2.05, 4.69) is 10.2 Å². The Labute approximate surface area is 151 Å². The normalized spacial score (nSPS) is 12.1. The van der Waals surface area contributed by atoms with Crippen molar-refractivity contribution < 1.29 is 9.21 Å². The van der Waals surface area contributed by atoms with Crippen molar-refractivity contribution in [2.75, 3.05) is 7.05 Å². The fourth-order valence-electron chi connectivity index (χ4n) is 2.65. The molecule has 6 nitrogen and oxygen atoms in total. The van der Waals surface area contributed by atoms with E-state index in [4.69, 9.17) is 16.6 Å². The van der Waals surface area contributed by atoms with Gasteiger partial charge < -0.3 is 9.32 Å². The topological polar surface area (TPSA) is 67.1 Å². The van der Waals surface area contributed by atoms with E-state index in [1.807, 2.05) is 50.2 Å². The lowest BCUT2D eigenvalue weighted by atomic mass is 10.1. The Balaban J connectivity index is 1.85. The molecule has 0 bridgehead atoms. The first-order valence-corrected chi connectivity index (χ1v) is 8.39. The molecule has 0 saturated carbocycles. The Morgan fingerprint density at radius 1 is 1.40 bits per heavy atom. The number of hydrogen-bond donors (Lipinski definition) is 1. The van der Waals surface area contributed by atoms with Gasteiger partial charge in [-0.15, -0.1) is 0 Å².